The molecule has 90 valence electrons. The summed E-state index contributed by atoms with van der Waals surface area (Å²) in [4.78, 5) is 11.9. The quantitative estimate of drug-likeness (QED) is 0.608. The number of ketones is 1. The molecule has 1 unspecified atom stereocenters. The molecule has 1 atom stereocenters. The number of terminal acetylenes is 1. The van der Waals surface area contributed by atoms with Gasteiger partial charge < -0.3 is 0 Å². The molecule has 0 bridgehead atoms. The van der Waals surface area contributed by atoms with Crippen molar-refractivity contribution in [3.63, 3.8) is 0 Å². The highest BCUT2D eigenvalue weighted by Crippen LogP contribution is 2.20. The minimum absolute atomic E-state index is 0.157. The van der Waals surface area contributed by atoms with E-state index in [1.54, 1.807) is 0 Å². The number of rotatable bonds is 1. The van der Waals surface area contributed by atoms with Crippen LogP contribution >= 0.6 is 0 Å². The number of hydrogen-bond donors (Lipinski definition) is 0. The van der Waals surface area contributed by atoms with E-state index in [4.69, 9.17) is 6.42 Å². The molecule has 1 aliphatic carbocycles. The van der Waals surface area contributed by atoms with Gasteiger partial charge in [-0.1, -0.05) is 44.9 Å². The van der Waals surface area contributed by atoms with Gasteiger partial charge in [-0.25, -0.2) is 0 Å². The molecule has 0 aromatic carbocycles. The van der Waals surface area contributed by atoms with Crippen LogP contribution in [-0.2, 0) is 4.79 Å². The summed E-state index contributed by atoms with van der Waals surface area (Å²) in [6, 6.07) is 0. The van der Waals surface area contributed by atoms with Crippen molar-refractivity contribution in [2.45, 2.75) is 70.6 Å². The third kappa shape index (κ3) is 5.35. The van der Waals surface area contributed by atoms with Gasteiger partial charge in [-0.2, -0.15) is 0 Å². The summed E-state index contributed by atoms with van der Waals surface area (Å²) in [5.74, 6) is 3.23. The standard InChI is InChI=1S/C15H24O/c1-2-11-14-12-9-7-5-3-4-6-8-10-13-15(14)16/h1,14H,3-13H2. The Labute approximate surface area is 100 Å². The molecule has 0 saturated heterocycles. The maximum Gasteiger partial charge on any atom is 0.136 e. The van der Waals surface area contributed by atoms with Crippen LogP contribution < -0.4 is 0 Å². The van der Waals surface area contributed by atoms with Crippen molar-refractivity contribution in [3.05, 3.63) is 0 Å². The summed E-state index contributed by atoms with van der Waals surface area (Å²) in [5.41, 5.74) is 0. The lowest BCUT2D eigenvalue weighted by Crippen LogP contribution is -2.14. The number of carbonyl (C=O) groups excluding carboxylic acids is 1. The molecule has 16 heavy (non-hydrogen) atoms. The molecule has 0 N–H and O–H groups in total. The lowest BCUT2D eigenvalue weighted by Gasteiger charge is -2.14. The molecule has 0 aliphatic heterocycles. The SMILES string of the molecule is C#CCC1CCCCCCCCCCC1=O. The minimum Gasteiger partial charge on any atom is -0.299 e. The van der Waals surface area contributed by atoms with E-state index < -0.39 is 0 Å². The van der Waals surface area contributed by atoms with Gasteiger partial charge in [0.15, 0.2) is 0 Å². The number of carbonyl (C=O) groups is 1. The fourth-order valence-electron chi connectivity index (χ4n) is 2.47. The van der Waals surface area contributed by atoms with Crippen LogP contribution in [0.15, 0.2) is 0 Å². The predicted octanol–water partition coefficient (Wildman–Crippen LogP) is 4.11. The zero-order valence-electron chi connectivity index (χ0n) is 10.3. The summed E-state index contributed by atoms with van der Waals surface area (Å²) in [6.45, 7) is 0. The van der Waals surface area contributed by atoms with E-state index in [1.165, 1.54) is 44.9 Å². The number of Topliss-reactive ketones (excluding diaryl/α,β-unsaturated/α-hetero) is 1. The van der Waals surface area contributed by atoms with Gasteiger partial charge in [0.1, 0.15) is 5.78 Å². The maximum absolute atomic E-state index is 11.9. The van der Waals surface area contributed by atoms with Gasteiger partial charge in [-0.15, -0.1) is 12.3 Å². The largest absolute Gasteiger partial charge is 0.299 e. The topological polar surface area (TPSA) is 17.1 Å². The Morgan fingerprint density at radius 2 is 1.56 bits per heavy atom. The van der Waals surface area contributed by atoms with E-state index in [2.05, 4.69) is 5.92 Å². The van der Waals surface area contributed by atoms with Crippen molar-refractivity contribution in [1.29, 1.82) is 0 Å². The molecule has 1 fully saturated rings. The van der Waals surface area contributed by atoms with Crippen LogP contribution in [0.1, 0.15) is 70.6 Å². The summed E-state index contributed by atoms with van der Waals surface area (Å²) in [5, 5.41) is 0. The van der Waals surface area contributed by atoms with Crippen LogP contribution in [0.25, 0.3) is 0 Å². The molecule has 1 aliphatic rings. The molecule has 1 saturated carbocycles. The fourth-order valence-corrected chi connectivity index (χ4v) is 2.47. The monoisotopic (exact) mass is 220 g/mol. The molecular weight excluding hydrogens is 196 g/mol. The zero-order valence-corrected chi connectivity index (χ0v) is 10.3. The third-order valence-corrected chi connectivity index (χ3v) is 3.55. The number of hydrogen-bond acceptors (Lipinski definition) is 1. The van der Waals surface area contributed by atoms with Gasteiger partial charge in [0.25, 0.3) is 0 Å². The molecular formula is C15H24O. The second kappa shape index (κ2) is 8.39. The lowest BCUT2D eigenvalue weighted by atomic mass is 9.90. The van der Waals surface area contributed by atoms with E-state index >= 15 is 0 Å². The Morgan fingerprint density at radius 3 is 2.19 bits per heavy atom. The van der Waals surface area contributed by atoms with E-state index in [0.29, 0.717) is 12.2 Å². The highest BCUT2D eigenvalue weighted by Gasteiger charge is 2.16. The third-order valence-electron chi connectivity index (χ3n) is 3.55. The van der Waals surface area contributed by atoms with Crippen LogP contribution in [0.3, 0.4) is 0 Å². The maximum atomic E-state index is 11.9. The lowest BCUT2D eigenvalue weighted by molar-refractivity contribution is -0.123. The van der Waals surface area contributed by atoms with Gasteiger partial charge in [-0.05, 0) is 12.8 Å². The normalized spacial score (nSPS) is 25.2. The van der Waals surface area contributed by atoms with Crippen molar-refractivity contribution >= 4 is 5.78 Å². The molecule has 1 rings (SSSR count). The first-order valence-corrected chi connectivity index (χ1v) is 6.81. The first kappa shape index (κ1) is 13.3. The Morgan fingerprint density at radius 1 is 1.00 bits per heavy atom. The van der Waals surface area contributed by atoms with Crippen LogP contribution in [0.4, 0.5) is 0 Å². The van der Waals surface area contributed by atoms with Gasteiger partial charge >= 0.3 is 0 Å². The first-order valence-electron chi connectivity index (χ1n) is 6.81. The summed E-state index contributed by atoms with van der Waals surface area (Å²) < 4.78 is 0. The van der Waals surface area contributed by atoms with Crippen LogP contribution in [0.2, 0.25) is 0 Å². The van der Waals surface area contributed by atoms with E-state index in [-0.39, 0.29) is 5.92 Å². The second-order valence-electron chi connectivity index (χ2n) is 4.94. The summed E-state index contributed by atoms with van der Waals surface area (Å²) in [6.07, 6.45) is 17.8. The van der Waals surface area contributed by atoms with Crippen LogP contribution in [-0.4, -0.2) is 5.78 Å². The summed E-state index contributed by atoms with van der Waals surface area (Å²) in [7, 11) is 0. The van der Waals surface area contributed by atoms with Crippen molar-refractivity contribution in [1.82, 2.24) is 0 Å². The zero-order chi connectivity index (χ0) is 11.6. The smallest absolute Gasteiger partial charge is 0.136 e. The van der Waals surface area contributed by atoms with Crippen molar-refractivity contribution in [3.8, 4) is 12.3 Å². The second-order valence-corrected chi connectivity index (χ2v) is 4.94. The average molecular weight is 220 g/mol. The molecule has 1 heteroatoms. The van der Waals surface area contributed by atoms with Crippen LogP contribution in [0.5, 0.6) is 0 Å². The molecule has 0 amide bonds. The highest BCUT2D eigenvalue weighted by molar-refractivity contribution is 5.81. The van der Waals surface area contributed by atoms with Crippen LogP contribution in [0, 0.1) is 18.3 Å². The molecule has 1 nitrogen and oxygen atoms in total. The fraction of sp³-hybridized carbons (Fsp3) is 0.800. The Hall–Kier alpha value is -0.770. The Balaban J connectivity index is 2.40. The highest BCUT2D eigenvalue weighted by atomic mass is 16.1. The first-order chi connectivity index (χ1) is 7.84. The van der Waals surface area contributed by atoms with E-state index in [1.807, 2.05) is 0 Å². The van der Waals surface area contributed by atoms with Gasteiger partial charge in [0, 0.05) is 18.8 Å². The Kier molecular flexibility index (Phi) is 6.97. The molecule has 0 radical (unpaired) electrons. The minimum atomic E-state index is 0.157. The molecule has 0 aromatic heterocycles. The van der Waals surface area contributed by atoms with Crippen molar-refractivity contribution in [2.75, 3.05) is 0 Å². The van der Waals surface area contributed by atoms with E-state index in [9.17, 15) is 4.79 Å². The van der Waals surface area contributed by atoms with E-state index in [0.717, 1.165) is 19.3 Å². The molecule has 0 heterocycles. The average Bonchev–Trinajstić information content (AvgIpc) is 2.28. The van der Waals surface area contributed by atoms with Crippen molar-refractivity contribution in [2.24, 2.45) is 5.92 Å². The summed E-state index contributed by atoms with van der Waals surface area (Å²) >= 11 is 0. The van der Waals surface area contributed by atoms with Gasteiger partial charge in [-0.3, -0.25) is 4.79 Å². The van der Waals surface area contributed by atoms with Crippen molar-refractivity contribution < 1.29 is 4.79 Å². The predicted molar refractivity (Wildman–Crippen MR) is 68.1 cm³/mol. The van der Waals surface area contributed by atoms with Gasteiger partial charge in [0.2, 0.25) is 0 Å². The molecule has 0 spiro atoms. The molecule has 0 aromatic rings. The Bertz CT molecular complexity index is 236. The van der Waals surface area contributed by atoms with Gasteiger partial charge in [0.05, 0.1) is 0 Å².